The number of aromatic hydroxyl groups is 1. The smallest absolute Gasteiger partial charge is 0.407 e. The van der Waals surface area contributed by atoms with Gasteiger partial charge in [-0.15, -0.1) is 0 Å². The number of hydrogen-bond donors (Lipinski definition) is 2. The normalized spacial score (nSPS) is 16.0. The molecule has 0 saturated carbocycles. The second-order valence-electron chi connectivity index (χ2n) is 6.01. The van der Waals surface area contributed by atoms with Crippen molar-refractivity contribution in [2.75, 3.05) is 6.54 Å². The van der Waals surface area contributed by atoms with E-state index in [4.69, 9.17) is 9.63 Å². The van der Waals surface area contributed by atoms with E-state index in [0.29, 0.717) is 42.9 Å². The van der Waals surface area contributed by atoms with Gasteiger partial charge in [-0.1, -0.05) is 6.07 Å². The molecule has 0 bridgehead atoms. The van der Waals surface area contributed by atoms with Crippen molar-refractivity contribution < 1.29 is 24.3 Å². The molecule has 24 heavy (non-hydrogen) atoms. The largest absolute Gasteiger partial charge is 0.491 e. The molecule has 0 saturated heterocycles. The van der Waals surface area contributed by atoms with Crippen LogP contribution in [0.15, 0.2) is 22.7 Å². The number of fused-ring (bicyclic) bond motifs is 2. The van der Waals surface area contributed by atoms with E-state index in [0.717, 1.165) is 11.1 Å². The van der Waals surface area contributed by atoms with Crippen LogP contribution in [0.5, 0.6) is 5.88 Å². The van der Waals surface area contributed by atoms with Crippen molar-refractivity contribution in [2.45, 2.75) is 26.1 Å². The molecule has 2 aliphatic heterocycles. The molecule has 0 spiro atoms. The number of carboxylic acid groups (broad SMARTS) is 1. The third-order valence-corrected chi connectivity index (χ3v) is 4.54. The van der Waals surface area contributed by atoms with Crippen LogP contribution in [0.1, 0.15) is 32.8 Å². The Morgan fingerprint density at radius 1 is 1.12 bits per heavy atom. The lowest BCUT2D eigenvalue weighted by molar-refractivity contribution is 0.0728. The van der Waals surface area contributed by atoms with Gasteiger partial charge in [-0.2, -0.15) is 0 Å². The number of carbonyl (C=O) groups excluding carboxylic acids is 1. The fourth-order valence-electron chi connectivity index (χ4n) is 3.21. The van der Waals surface area contributed by atoms with Crippen LogP contribution in [-0.2, 0) is 26.1 Å². The lowest BCUT2D eigenvalue weighted by atomic mass is 10.0. The third-order valence-electron chi connectivity index (χ3n) is 4.54. The van der Waals surface area contributed by atoms with Gasteiger partial charge in [0.15, 0.2) is 0 Å². The van der Waals surface area contributed by atoms with Crippen LogP contribution < -0.4 is 0 Å². The van der Waals surface area contributed by atoms with E-state index in [2.05, 4.69) is 5.16 Å². The maximum atomic E-state index is 12.7. The van der Waals surface area contributed by atoms with E-state index in [1.807, 2.05) is 0 Å². The summed E-state index contributed by atoms with van der Waals surface area (Å²) in [6.45, 7) is 1.38. The maximum Gasteiger partial charge on any atom is 0.407 e. The standard InChI is InChI=1S/C16H15N3O5/c20-14-12-8-18(4-3-13(12)24-17-14)15(21)9-1-2-10-6-19(16(22)23)7-11(10)5-9/h1-2,5H,3-4,6-8H2,(H,17,20)(H,22,23). The quantitative estimate of drug-likeness (QED) is 0.822. The Hall–Kier alpha value is -3.03. The highest BCUT2D eigenvalue weighted by Crippen LogP contribution is 2.28. The van der Waals surface area contributed by atoms with Gasteiger partial charge in [-0.25, -0.2) is 4.79 Å². The molecular formula is C16H15N3O5. The summed E-state index contributed by atoms with van der Waals surface area (Å²) in [5.74, 6) is 0.286. The SMILES string of the molecule is O=C(O)N1Cc2ccc(C(=O)N3CCc4onc(O)c4C3)cc2C1. The zero-order chi connectivity index (χ0) is 16.8. The monoisotopic (exact) mass is 329 g/mol. The van der Waals surface area contributed by atoms with Gasteiger partial charge in [-0.3, -0.25) is 9.69 Å². The van der Waals surface area contributed by atoms with Crippen molar-refractivity contribution in [3.05, 3.63) is 46.2 Å². The number of nitrogens with zero attached hydrogens (tertiary/aromatic N) is 3. The van der Waals surface area contributed by atoms with Crippen LogP contribution >= 0.6 is 0 Å². The summed E-state index contributed by atoms with van der Waals surface area (Å²) in [6.07, 6.45) is -0.461. The molecule has 3 heterocycles. The zero-order valence-electron chi connectivity index (χ0n) is 12.7. The predicted octanol–water partition coefficient (Wildman–Crippen LogP) is 1.57. The first-order chi connectivity index (χ1) is 11.5. The van der Waals surface area contributed by atoms with Crippen LogP contribution in [-0.4, -0.2) is 43.7 Å². The molecule has 2 aromatic rings. The highest BCUT2D eigenvalue weighted by molar-refractivity contribution is 5.94. The van der Waals surface area contributed by atoms with Crippen LogP contribution in [0, 0.1) is 0 Å². The van der Waals surface area contributed by atoms with E-state index < -0.39 is 6.09 Å². The molecule has 0 radical (unpaired) electrons. The third kappa shape index (κ3) is 2.27. The molecule has 2 N–H and O–H groups in total. The summed E-state index contributed by atoms with van der Waals surface area (Å²) in [6, 6.07) is 5.27. The van der Waals surface area contributed by atoms with Crippen molar-refractivity contribution in [1.29, 1.82) is 0 Å². The molecule has 8 nitrogen and oxygen atoms in total. The Morgan fingerprint density at radius 2 is 1.92 bits per heavy atom. The molecule has 4 rings (SSSR count). The molecular weight excluding hydrogens is 314 g/mol. The van der Waals surface area contributed by atoms with E-state index in [9.17, 15) is 14.7 Å². The number of rotatable bonds is 1. The van der Waals surface area contributed by atoms with Gasteiger partial charge in [0, 0.05) is 31.6 Å². The molecule has 0 atom stereocenters. The number of aromatic nitrogens is 1. The van der Waals surface area contributed by atoms with Crippen LogP contribution in [0.4, 0.5) is 4.79 Å². The summed E-state index contributed by atoms with van der Waals surface area (Å²) in [7, 11) is 0. The Morgan fingerprint density at radius 3 is 2.71 bits per heavy atom. The minimum absolute atomic E-state index is 0.155. The van der Waals surface area contributed by atoms with Crippen LogP contribution in [0.3, 0.4) is 0 Å². The summed E-state index contributed by atoms with van der Waals surface area (Å²) >= 11 is 0. The van der Waals surface area contributed by atoms with Crippen molar-refractivity contribution in [3.8, 4) is 5.88 Å². The van der Waals surface area contributed by atoms with Crippen molar-refractivity contribution in [3.63, 3.8) is 0 Å². The van der Waals surface area contributed by atoms with Gasteiger partial charge >= 0.3 is 6.09 Å². The molecule has 0 unspecified atom stereocenters. The lowest BCUT2D eigenvalue weighted by Crippen LogP contribution is -2.35. The van der Waals surface area contributed by atoms with Crippen molar-refractivity contribution >= 4 is 12.0 Å². The van der Waals surface area contributed by atoms with Gasteiger partial charge < -0.3 is 19.6 Å². The summed E-state index contributed by atoms with van der Waals surface area (Å²) < 4.78 is 5.02. The minimum Gasteiger partial charge on any atom is -0.491 e. The van der Waals surface area contributed by atoms with Crippen LogP contribution in [0.2, 0.25) is 0 Å². The molecule has 1 aromatic carbocycles. The fraction of sp³-hybridized carbons (Fsp3) is 0.312. The average Bonchev–Trinajstić information content (AvgIpc) is 3.17. The summed E-state index contributed by atoms with van der Waals surface area (Å²) in [4.78, 5) is 26.7. The molecule has 2 aliphatic rings. The van der Waals surface area contributed by atoms with Gasteiger partial charge in [0.2, 0.25) is 0 Å². The molecule has 0 aliphatic carbocycles. The Bertz CT molecular complexity index is 844. The number of benzene rings is 1. The molecule has 0 fully saturated rings. The van der Waals surface area contributed by atoms with Gasteiger partial charge in [0.05, 0.1) is 12.1 Å². The Labute approximate surface area is 136 Å². The highest BCUT2D eigenvalue weighted by Gasteiger charge is 2.29. The van der Waals surface area contributed by atoms with Gasteiger partial charge in [-0.05, 0) is 28.4 Å². The van der Waals surface area contributed by atoms with E-state index in [1.165, 1.54) is 4.90 Å². The highest BCUT2D eigenvalue weighted by atomic mass is 16.5. The second kappa shape index (κ2) is 5.26. The first-order valence-corrected chi connectivity index (χ1v) is 7.58. The maximum absolute atomic E-state index is 12.7. The van der Waals surface area contributed by atoms with E-state index in [1.54, 1.807) is 23.1 Å². The average molecular weight is 329 g/mol. The first-order valence-electron chi connectivity index (χ1n) is 7.58. The second-order valence-corrected chi connectivity index (χ2v) is 6.01. The van der Waals surface area contributed by atoms with Gasteiger partial charge in [0.25, 0.3) is 11.8 Å². The van der Waals surface area contributed by atoms with Crippen molar-refractivity contribution in [1.82, 2.24) is 15.0 Å². The summed E-state index contributed by atoms with van der Waals surface area (Å²) in [5, 5.41) is 22.3. The summed E-state index contributed by atoms with van der Waals surface area (Å²) in [5.41, 5.74) is 2.84. The molecule has 8 heteroatoms. The number of carbonyl (C=O) groups is 2. The predicted molar refractivity (Wildman–Crippen MR) is 80.3 cm³/mol. The fourth-order valence-corrected chi connectivity index (χ4v) is 3.21. The zero-order valence-corrected chi connectivity index (χ0v) is 12.7. The Kier molecular flexibility index (Phi) is 3.19. The minimum atomic E-state index is -0.967. The first kappa shape index (κ1) is 14.6. The molecule has 1 aromatic heterocycles. The molecule has 2 amide bonds. The van der Waals surface area contributed by atoms with E-state index >= 15 is 0 Å². The lowest BCUT2D eigenvalue weighted by Gasteiger charge is -2.25. The number of hydrogen-bond acceptors (Lipinski definition) is 5. The van der Waals surface area contributed by atoms with Gasteiger partial charge in [0.1, 0.15) is 5.76 Å². The molecule has 124 valence electrons. The van der Waals surface area contributed by atoms with Crippen molar-refractivity contribution in [2.24, 2.45) is 0 Å². The number of amides is 2. The van der Waals surface area contributed by atoms with E-state index in [-0.39, 0.29) is 18.3 Å². The Balaban J connectivity index is 1.55. The van der Waals surface area contributed by atoms with Crippen LogP contribution in [0.25, 0.3) is 0 Å². The topological polar surface area (TPSA) is 107 Å².